The number of nitrogens with one attached hydrogen (secondary N) is 1. The molecule has 3 rings (SSSR count). The predicted octanol–water partition coefficient (Wildman–Crippen LogP) is 1.54. The molecule has 2 heterocycles. The van der Waals surface area contributed by atoms with Crippen LogP contribution in [0.15, 0.2) is 35.7 Å². The average molecular weight is 287 g/mol. The molecule has 0 fully saturated rings. The molecular weight excluding hydrogens is 272 g/mol. The Hall–Kier alpha value is -1.78. The molecule has 0 bridgehead atoms. The van der Waals surface area contributed by atoms with Crippen molar-refractivity contribution in [1.82, 2.24) is 15.3 Å². The maximum atomic E-state index is 6.41. The summed E-state index contributed by atoms with van der Waals surface area (Å²) in [5.74, 6) is 0. The Balaban J connectivity index is 2.43. The van der Waals surface area contributed by atoms with Crippen molar-refractivity contribution in [2.24, 2.45) is 4.99 Å². The van der Waals surface area contributed by atoms with Crippen molar-refractivity contribution in [3.05, 3.63) is 46.3 Å². The summed E-state index contributed by atoms with van der Waals surface area (Å²) in [5, 5.41) is 5.94. The monoisotopic (exact) mass is 286 g/mol. The van der Waals surface area contributed by atoms with Crippen LogP contribution in [-0.2, 0) is 0 Å². The second-order valence-corrected chi connectivity index (χ2v) is 5.38. The van der Waals surface area contributed by atoms with E-state index in [1.165, 1.54) is 6.33 Å². The molecule has 2 aromatic rings. The van der Waals surface area contributed by atoms with Gasteiger partial charge in [0.25, 0.3) is 0 Å². The zero-order chi connectivity index (χ0) is 14.3. The molecule has 0 aliphatic carbocycles. The average Bonchev–Trinajstić information content (AvgIpc) is 2.73. The van der Waals surface area contributed by atoms with Crippen LogP contribution in [0.1, 0.15) is 13.8 Å². The molecule has 20 heavy (non-hydrogen) atoms. The summed E-state index contributed by atoms with van der Waals surface area (Å²) in [4.78, 5) is 13.0. The molecule has 0 saturated carbocycles. The fourth-order valence-electron chi connectivity index (χ4n) is 2.54. The molecule has 0 saturated heterocycles. The number of benzene rings is 1. The molecule has 0 radical (unpaired) electrons. The first-order chi connectivity index (χ1) is 9.57. The van der Waals surface area contributed by atoms with Gasteiger partial charge in [-0.25, -0.2) is 9.97 Å². The lowest BCUT2D eigenvalue weighted by atomic mass is 9.99. The standard InChI is InChI=1S/C15H15ClN4/c1-9-13-12(20-15(9,2)17-3)5-4-10(16)14(13)11-6-7-18-8-19-11/h4-8,17H,1-3H3. The van der Waals surface area contributed by atoms with Crippen LogP contribution in [0, 0.1) is 0 Å². The minimum Gasteiger partial charge on any atom is -0.293 e. The van der Waals surface area contributed by atoms with E-state index in [0.717, 1.165) is 27.4 Å². The van der Waals surface area contributed by atoms with E-state index in [-0.39, 0.29) is 0 Å². The van der Waals surface area contributed by atoms with Gasteiger partial charge in [-0.1, -0.05) is 11.6 Å². The van der Waals surface area contributed by atoms with Crippen LogP contribution in [-0.4, -0.2) is 22.7 Å². The van der Waals surface area contributed by atoms with Crippen molar-refractivity contribution >= 4 is 17.2 Å². The van der Waals surface area contributed by atoms with Crippen molar-refractivity contribution in [3.63, 3.8) is 0 Å². The Labute approximate surface area is 122 Å². The zero-order valence-corrected chi connectivity index (χ0v) is 12.4. The summed E-state index contributed by atoms with van der Waals surface area (Å²) in [6, 6.07) is 5.69. The smallest absolute Gasteiger partial charge is 0.130 e. The number of aromatic nitrogens is 2. The summed E-state index contributed by atoms with van der Waals surface area (Å²) >= 11 is 6.41. The molecule has 5 heteroatoms. The molecular formula is C15H15ClN4. The topological polar surface area (TPSA) is 50.2 Å². The van der Waals surface area contributed by atoms with Gasteiger partial charge in [-0.05, 0) is 44.7 Å². The zero-order valence-electron chi connectivity index (χ0n) is 11.6. The van der Waals surface area contributed by atoms with Gasteiger partial charge in [-0.2, -0.15) is 0 Å². The molecule has 1 aliphatic rings. The van der Waals surface area contributed by atoms with Crippen molar-refractivity contribution in [3.8, 4) is 11.3 Å². The summed E-state index contributed by atoms with van der Waals surface area (Å²) < 4.78 is 0. The molecule has 0 amide bonds. The fraction of sp³-hybridized carbons (Fsp3) is 0.267. The second-order valence-electron chi connectivity index (χ2n) is 4.97. The summed E-state index contributed by atoms with van der Waals surface area (Å²) in [5.41, 5.74) is 2.49. The highest BCUT2D eigenvalue weighted by Crippen LogP contribution is 2.26. The maximum Gasteiger partial charge on any atom is 0.130 e. The number of fused-ring (bicyclic) bond motifs is 1. The van der Waals surface area contributed by atoms with E-state index in [9.17, 15) is 0 Å². The molecule has 0 spiro atoms. The van der Waals surface area contributed by atoms with Crippen LogP contribution in [0.5, 0.6) is 0 Å². The molecule has 1 atom stereocenters. The van der Waals surface area contributed by atoms with Crippen LogP contribution < -0.4 is 15.9 Å². The van der Waals surface area contributed by atoms with Gasteiger partial charge >= 0.3 is 0 Å². The van der Waals surface area contributed by atoms with Gasteiger partial charge in [0, 0.05) is 17.0 Å². The Morgan fingerprint density at radius 1 is 1.25 bits per heavy atom. The highest BCUT2D eigenvalue weighted by molar-refractivity contribution is 6.33. The minimum atomic E-state index is -0.394. The molecule has 102 valence electrons. The van der Waals surface area contributed by atoms with Gasteiger partial charge in [-0.15, -0.1) is 0 Å². The Morgan fingerprint density at radius 2 is 2.05 bits per heavy atom. The van der Waals surface area contributed by atoms with Gasteiger partial charge in [-0.3, -0.25) is 10.3 Å². The van der Waals surface area contributed by atoms with Crippen LogP contribution in [0.3, 0.4) is 0 Å². The highest BCUT2D eigenvalue weighted by atomic mass is 35.5. The number of nitrogens with zero attached hydrogens (tertiary/aromatic N) is 3. The molecule has 1 N–H and O–H groups in total. The third-order valence-electron chi connectivity index (χ3n) is 3.91. The van der Waals surface area contributed by atoms with E-state index in [0.29, 0.717) is 5.02 Å². The summed E-state index contributed by atoms with van der Waals surface area (Å²) in [6.45, 7) is 4.13. The molecule has 1 aliphatic heterocycles. The summed E-state index contributed by atoms with van der Waals surface area (Å²) in [6.07, 6.45) is 3.25. The van der Waals surface area contributed by atoms with Crippen LogP contribution in [0.25, 0.3) is 16.8 Å². The second kappa shape index (κ2) is 4.65. The predicted molar refractivity (Wildman–Crippen MR) is 79.8 cm³/mol. The van der Waals surface area contributed by atoms with Gasteiger partial charge < -0.3 is 0 Å². The van der Waals surface area contributed by atoms with E-state index in [2.05, 4.69) is 29.1 Å². The largest absolute Gasteiger partial charge is 0.293 e. The van der Waals surface area contributed by atoms with Crippen molar-refractivity contribution in [2.75, 3.05) is 7.05 Å². The van der Waals surface area contributed by atoms with E-state index in [4.69, 9.17) is 16.6 Å². The van der Waals surface area contributed by atoms with Crippen LogP contribution in [0.4, 0.5) is 0 Å². The SMILES string of the molecule is CNC1(C)N=c2ccc(Cl)c(-c3ccncn3)c2=C1C. The summed E-state index contributed by atoms with van der Waals surface area (Å²) in [7, 11) is 1.91. The lowest BCUT2D eigenvalue weighted by molar-refractivity contribution is 0.513. The Kier molecular flexibility index (Phi) is 3.07. The van der Waals surface area contributed by atoms with Crippen LogP contribution >= 0.6 is 11.6 Å². The molecule has 1 unspecified atom stereocenters. The normalized spacial score (nSPS) is 20.7. The van der Waals surface area contributed by atoms with Gasteiger partial charge in [0.05, 0.1) is 16.1 Å². The number of hydrogen-bond donors (Lipinski definition) is 1. The minimum absolute atomic E-state index is 0.394. The number of hydrogen-bond acceptors (Lipinski definition) is 4. The van der Waals surface area contributed by atoms with Gasteiger partial charge in [0.1, 0.15) is 12.0 Å². The maximum absolute atomic E-state index is 6.41. The van der Waals surface area contributed by atoms with E-state index >= 15 is 0 Å². The van der Waals surface area contributed by atoms with Crippen molar-refractivity contribution in [2.45, 2.75) is 19.5 Å². The molecule has 1 aromatic heterocycles. The first-order valence-electron chi connectivity index (χ1n) is 6.42. The molecule has 1 aromatic carbocycles. The molecule has 4 nitrogen and oxygen atoms in total. The number of halogens is 1. The first-order valence-corrected chi connectivity index (χ1v) is 6.80. The Morgan fingerprint density at radius 3 is 2.70 bits per heavy atom. The quantitative estimate of drug-likeness (QED) is 0.911. The van der Waals surface area contributed by atoms with Gasteiger partial charge in [0.15, 0.2) is 0 Å². The van der Waals surface area contributed by atoms with Crippen molar-refractivity contribution < 1.29 is 0 Å². The van der Waals surface area contributed by atoms with Gasteiger partial charge in [0.2, 0.25) is 0 Å². The third-order valence-corrected chi connectivity index (χ3v) is 4.22. The first kappa shape index (κ1) is 13.2. The Bertz CT molecular complexity index is 786. The van der Waals surface area contributed by atoms with E-state index < -0.39 is 5.66 Å². The lowest BCUT2D eigenvalue weighted by Crippen LogP contribution is -2.37. The van der Waals surface area contributed by atoms with Crippen LogP contribution in [0.2, 0.25) is 5.02 Å². The van der Waals surface area contributed by atoms with E-state index in [1.54, 1.807) is 6.20 Å². The van der Waals surface area contributed by atoms with Crippen molar-refractivity contribution in [1.29, 1.82) is 0 Å². The third kappa shape index (κ3) is 1.84. The van der Waals surface area contributed by atoms with E-state index in [1.807, 2.05) is 25.2 Å². The highest BCUT2D eigenvalue weighted by Gasteiger charge is 2.29. The lowest BCUT2D eigenvalue weighted by Gasteiger charge is -2.22. The number of rotatable bonds is 2. The fourth-order valence-corrected chi connectivity index (χ4v) is 2.79.